The van der Waals surface area contributed by atoms with E-state index in [9.17, 15) is 9.59 Å². The second kappa shape index (κ2) is 7.98. The van der Waals surface area contributed by atoms with Crippen molar-refractivity contribution in [3.05, 3.63) is 89.9 Å². The van der Waals surface area contributed by atoms with E-state index in [2.05, 4.69) is 10.6 Å². The van der Waals surface area contributed by atoms with E-state index in [1.54, 1.807) is 42.5 Å². The molecule has 0 spiro atoms. The Morgan fingerprint density at radius 3 is 2.42 bits per heavy atom. The molecule has 2 amide bonds. The highest BCUT2D eigenvalue weighted by molar-refractivity contribution is 6.04. The number of hydrogen-bond acceptors (Lipinski definition) is 3. The normalized spacial score (nSPS) is 10.7. The lowest BCUT2D eigenvalue weighted by Crippen LogP contribution is -2.12. The van der Waals surface area contributed by atoms with Crippen LogP contribution in [0.15, 0.2) is 77.4 Å². The molecule has 130 valence electrons. The molecule has 0 radical (unpaired) electrons. The van der Waals surface area contributed by atoms with Gasteiger partial charge in [-0.2, -0.15) is 0 Å². The van der Waals surface area contributed by atoms with E-state index in [4.69, 9.17) is 4.42 Å². The number of hydrogen-bond donors (Lipinski definition) is 2. The van der Waals surface area contributed by atoms with Crippen LogP contribution in [0.5, 0.6) is 0 Å². The van der Waals surface area contributed by atoms with Crippen LogP contribution in [-0.2, 0) is 4.79 Å². The Morgan fingerprint density at radius 1 is 0.923 bits per heavy atom. The molecule has 3 aromatic rings. The summed E-state index contributed by atoms with van der Waals surface area (Å²) < 4.78 is 5.05. The second-order valence-electron chi connectivity index (χ2n) is 5.69. The summed E-state index contributed by atoms with van der Waals surface area (Å²) in [6, 6.07) is 18.0. The Morgan fingerprint density at radius 2 is 1.69 bits per heavy atom. The van der Waals surface area contributed by atoms with Crippen LogP contribution in [0, 0.1) is 6.92 Å². The van der Waals surface area contributed by atoms with Crippen LogP contribution >= 0.6 is 0 Å². The number of aryl methyl sites for hydroxylation is 1. The highest BCUT2D eigenvalue weighted by Crippen LogP contribution is 2.17. The standard InChI is InChI=1S/C21H18N2O3/c1-15-6-2-3-7-16(15)11-12-20(24)22-17-8-4-9-18(14-17)23-21(25)19-10-5-13-26-19/h2-14H,1H3,(H,22,24)(H,23,25)/b12-11+. The van der Waals surface area contributed by atoms with Crippen molar-refractivity contribution in [1.82, 2.24) is 0 Å². The lowest BCUT2D eigenvalue weighted by Gasteiger charge is -2.07. The molecule has 2 aromatic carbocycles. The number of benzene rings is 2. The topological polar surface area (TPSA) is 71.3 Å². The van der Waals surface area contributed by atoms with Gasteiger partial charge in [0.2, 0.25) is 5.91 Å². The van der Waals surface area contributed by atoms with Gasteiger partial charge in [0.25, 0.3) is 5.91 Å². The Labute approximate surface area is 151 Å². The Hall–Kier alpha value is -3.60. The summed E-state index contributed by atoms with van der Waals surface area (Å²) >= 11 is 0. The summed E-state index contributed by atoms with van der Waals surface area (Å²) in [5.74, 6) is -0.374. The quantitative estimate of drug-likeness (QED) is 0.669. The highest BCUT2D eigenvalue weighted by Gasteiger charge is 2.09. The van der Waals surface area contributed by atoms with Gasteiger partial charge in [-0.3, -0.25) is 9.59 Å². The fourth-order valence-electron chi connectivity index (χ4n) is 2.40. The zero-order valence-electron chi connectivity index (χ0n) is 14.2. The third kappa shape index (κ3) is 4.48. The van der Waals surface area contributed by atoms with Crippen LogP contribution in [0.3, 0.4) is 0 Å². The zero-order valence-corrected chi connectivity index (χ0v) is 14.2. The van der Waals surface area contributed by atoms with E-state index in [0.717, 1.165) is 11.1 Å². The molecular weight excluding hydrogens is 328 g/mol. The molecule has 0 bridgehead atoms. The number of carbonyl (C=O) groups excluding carboxylic acids is 2. The molecule has 3 rings (SSSR count). The summed E-state index contributed by atoms with van der Waals surface area (Å²) in [6.45, 7) is 1.99. The molecule has 0 aliphatic carbocycles. The monoisotopic (exact) mass is 346 g/mol. The number of nitrogens with one attached hydrogen (secondary N) is 2. The van der Waals surface area contributed by atoms with Crippen LogP contribution in [0.4, 0.5) is 11.4 Å². The first-order valence-corrected chi connectivity index (χ1v) is 8.11. The van der Waals surface area contributed by atoms with Crippen molar-refractivity contribution in [3.8, 4) is 0 Å². The molecule has 0 fully saturated rings. The lowest BCUT2D eigenvalue weighted by molar-refractivity contribution is -0.111. The van der Waals surface area contributed by atoms with Crippen LogP contribution < -0.4 is 10.6 Å². The summed E-state index contributed by atoms with van der Waals surface area (Å²) in [5.41, 5.74) is 3.23. The second-order valence-corrected chi connectivity index (χ2v) is 5.69. The molecule has 0 aliphatic rings. The van der Waals surface area contributed by atoms with Crippen LogP contribution in [0.25, 0.3) is 6.08 Å². The fourth-order valence-corrected chi connectivity index (χ4v) is 2.40. The van der Waals surface area contributed by atoms with Crippen LogP contribution in [0.1, 0.15) is 21.7 Å². The zero-order chi connectivity index (χ0) is 18.4. The molecule has 0 unspecified atom stereocenters. The first kappa shape index (κ1) is 17.2. The fraction of sp³-hybridized carbons (Fsp3) is 0.0476. The predicted octanol–water partition coefficient (Wildman–Crippen LogP) is 4.49. The molecule has 26 heavy (non-hydrogen) atoms. The average molecular weight is 346 g/mol. The molecule has 1 heterocycles. The van der Waals surface area contributed by atoms with Gasteiger partial charge in [0.15, 0.2) is 5.76 Å². The lowest BCUT2D eigenvalue weighted by atomic mass is 10.1. The number of amides is 2. The number of anilines is 2. The molecule has 1 aromatic heterocycles. The molecule has 0 saturated carbocycles. The summed E-state index contributed by atoms with van der Waals surface area (Å²) in [7, 11) is 0. The van der Waals surface area contributed by atoms with Crippen molar-refractivity contribution < 1.29 is 14.0 Å². The van der Waals surface area contributed by atoms with E-state index in [1.807, 2.05) is 31.2 Å². The van der Waals surface area contributed by atoms with Crippen molar-refractivity contribution >= 4 is 29.3 Å². The van der Waals surface area contributed by atoms with Crippen LogP contribution in [-0.4, -0.2) is 11.8 Å². The van der Waals surface area contributed by atoms with E-state index < -0.39 is 0 Å². The van der Waals surface area contributed by atoms with Crippen molar-refractivity contribution in [2.45, 2.75) is 6.92 Å². The minimum atomic E-state index is -0.349. The van der Waals surface area contributed by atoms with E-state index in [1.165, 1.54) is 12.3 Å². The van der Waals surface area contributed by atoms with Gasteiger partial charge >= 0.3 is 0 Å². The van der Waals surface area contributed by atoms with Gasteiger partial charge in [-0.1, -0.05) is 30.3 Å². The maximum atomic E-state index is 12.1. The molecule has 0 aliphatic heterocycles. The number of rotatable bonds is 5. The molecular formula is C21H18N2O3. The van der Waals surface area contributed by atoms with E-state index in [0.29, 0.717) is 11.4 Å². The minimum Gasteiger partial charge on any atom is -0.459 e. The van der Waals surface area contributed by atoms with Gasteiger partial charge in [-0.15, -0.1) is 0 Å². The Kier molecular flexibility index (Phi) is 5.29. The maximum Gasteiger partial charge on any atom is 0.291 e. The van der Waals surface area contributed by atoms with Crippen molar-refractivity contribution in [3.63, 3.8) is 0 Å². The predicted molar refractivity (Wildman–Crippen MR) is 102 cm³/mol. The summed E-state index contributed by atoms with van der Waals surface area (Å²) in [5, 5.41) is 5.50. The molecule has 0 saturated heterocycles. The maximum absolute atomic E-state index is 12.1. The summed E-state index contributed by atoms with van der Waals surface area (Å²) in [4.78, 5) is 24.1. The average Bonchev–Trinajstić information content (AvgIpc) is 3.16. The van der Waals surface area contributed by atoms with Crippen molar-refractivity contribution in [1.29, 1.82) is 0 Å². The van der Waals surface area contributed by atoms with Gasteiger partial charge in [-0.25, -0.2) is 0 Å². The van der Waals surface area contributed by atoms with Crippen molar-refractivity contribution in [2.75, 3.05) is 10.6 Å². The SMILES string of the molecule is Cc1ccccc1/C=C/C(=O)Nc1cccc(NC(=O)c2ccco2)c1. The Balaban J connectivity index is 1.64. The number of furan rings is 1. The van der Waals surface area contributed by atoms with Gasteiger partial charge in [0.05, 0.1) is 6.26 Å². The molecule has 2 N–H and O–H groups in total. The smallest absolute Gasteiger partial charge is 0.291 e. The first-order chi connectivity index (χ1) is 12.6. The van der Waals surface area contributed by atoms with E-state index in [-0.39, 0.29) is 17.6 Å². The van der Waals surface area contributed by atoms with Gasteiger partial charge < -0.3 is 15.1 Å². The molecule has 0 atom stereocenters. The van der Waals surface area contributed by atoms with Crippen molar-refractivity contribution in [2.24, 2.45) is 0 Å². The third-order valence-electron chi connectivity index (χ3n) is 3.74. The molecule has 5 heteroatoms. The summed E-state index contributed by atoms with van der Waals surface area (Å²) in [6.07, 6.45) is 4.69. The number of carbonyl (C=O) groups is 2. The van der Waals surface area contributed by atoms with Gasteiger partial charge in [0.1, 0.15) is 0 Å². The van der Waals surface area contributed by atoms with Gasteiger partial charge in [0, 0.05) is 17.5 Å². The van der Waals surface area contributed by atoms with Gasteiger partial charge in [-0.05, 0) is 54.5 Å². The first-order valence-electron chi connectivity index (χ1n) is 8.11. The highest BCUT2D eigenvalue weighted by atomic mass is 16.3. The minimum absolute atomic E-state index is 0.223. The third-order valence-corrected chi connectivity index (χ3v) is 3.74. The Bertz CT molecular complexity index is 943. The molecule has 5 nitrogen and oxygen atoms in total. The van der Waals surface area contributed by atoms with Crippen LogP contribution in [0.2, 0.25) is 0 Å². The largest absolute Gasteiger partial charge is 0.459 e. The van der Waals surface area contributed by atoms with E-state index >= 15 is 0 Å².